The van der Waals surface area contributed by atoms with E-state index >= 15 is 0 Å². The number of hydrogen-bond acceptors (Lipinski definition) is 10. The number of methoxy groups -OCH3 is 1. The molecule has 0 radical (unpaired) electrons. The van der Waals surface area contributed by atoms with Crippen LogP contribution in [-0.2, 0) is 34.1 Å². The highest BCUT2D eigenvalue weighted by Gasteiger charge is 2.30. The predicted molar refractivity (Wildman–Crippen MR) is 220 cm³/mol. The Hall–Kier alpha value is -5.99. The molecule has 3 N–H and O–H groups in total. The van der Waals surface area contributed by atoms with Crippen molar-refractivity contribution >= 4 is 61.3 Å². The fourth-order valence-corrected chi connectivity index (χ4v) is 8.71. The fourth-order valence-electron chi connectivity index (χ4n) is 7.42. The monoisotopic (exact) mass is 886 g/mol. The molecular formula is C40H39ClF4N8O7S. The number of rotatable bonds is 14. The normalized spacial score (nSPS) is 16.3. The van der Waals surface area contributed by atoms with Crippen LogP contribution in [0.15, 0.2) is 71.5 Å². The van der Waals surface area contributed by atoms with Crippen LogP contribution in [-0.4, -0.2) is 88.5 Å². The molecule has 3 aromatic heterocycles. The molecule has 15 nitrogen and oxygen atoms in total. The van der Waals surface area contributed by atoms with Gasteiger partial charge in [0.05, 0.1) is 58.1 Å². The molecule has 0 aliphatic carbocycles. The molecule has 21 heteroatoms. The summed E-state index contributed by atoms with van der Waals surface area (Å²) in [5, 5.41) is 16.2. The molecular weight excluding hydrogens is 848 g/mol. The SMILES string of the molecule is COc1ccc(CCS(=O)(=O)Nc2nn(CC(F)F)c3c(-n4c([C@H](Cc5cc(F)cc(F)c5)NC(=O)O)nc5nc(N6C[C@@H](C)O[C@@H](C)C6)ccc5c4=O)ccc(Cl)c23)cc1. The summed E-state index contributed by atoms with van der Waals surface area (Å²) < 4.78 is 99.7. The second-order valence-electron chi connectivity index (χ2n) is 14.5. The zero-order valence-electron chi connectivity index (χ0n) is 32.8. The van der Waals surface area contributed by atoms with E-state index in [9.17, 15) is 40.7 Å². The molecule has 61 heavy (non-hydrogen) atoms. The van der Waals surface area contributed by atoms with Crippen LogP contribution in [0, 0.1) is 11.6 Å². The van der Waals surface area contributed by atoms with E-state index < -0.39 is 70.3 Å². The second kappa shape index (κ2) is 17.5. The Morgan fingerprint density at radius 2 is 1.69 bits per heavy atom. The average Bonchev–Trinajstić information content (AvgIpc) is 3.53. The molecule has 7 rings (SSSR count). The van der Waals surface area contributed by atoms with E-state index in [1.54, 1.807) is 30.3 Å². The number of carboxylic acid groups (broad SMARTS) is 1. The Morgan fingerprint density at radius 1 is 1.00 bits per heavy atom. The van der Waals surface area contributed by atoms with Crippen LogP contribution in [0.25, 0.3) is 27.6 Å². The Labute approximate surface area is 350 Å². The molecule has 1 aliphatic heterocycles. The van der Waals surface area contributed by atoms with Crippen LogP contribution >= 0.6 is 11.6 Å². The van der Waals surface area contributed by atoms with Gasteiger partial charge in [-0.3, -0.25) is 18.8 Å². The van der Waals surface area contributed by atoms with E-state index in [0.717, 1.165) is 21.4 Å². The van der Waals surface area contributed by atoms with Gasteiger partial charge in [-0.2, -0.15) is 5.10 Å². The van der Waals surface area contributed by atoms with Crippen LogP contribution in [0.3, 0.4) is 0 Å². The van der Waals surface area contributed by atoms with Crippen LogP contribution in [0.4, 0.5) is 34.0 Å². The van der Waals surface area contributed by atoms with Crippen LogP contribution in [0.1, 0.15) is 36.8 Å². The number of fused-ring (bicyclic) bond motifs is 2. The lowest BCUT2D eigenvalue weighted by atomic mass is 10.0. The third-order valence-corrected chi connectivity index (χ3v) is 11.5. The van der Waals surface area contributed by atoms with Gasteiger partial charge in [-0.05, 0) is 79.9 Å². The van der Waals surface area contributed by atoms with E-state index in [1.165, 1.54) is 25.3 Å². The number of alkyl halides is 2. The van der Waals surface area contributed by atoms with Crippen molar-refractivity contribution in [3.8, 4) is 11.4 Å². The van der Waals surface area contributed by atoms with E-state index in [2.05, 4.69) is 20.1 Å². The number of hydrogen-bond donors (Lipinski definition) is 3. The summed E-state index contributed by atoms with van der Waals surface area (Å²) in [6, 6.07) is 13.4. The summed E-state index contributed by atoms with van der Waals surface area (Å²) in [5.41, 5.74) is -0.771. The van der Waals surface area contributed by atoms with Gasteiger partial charge in [0.15, 0.2) is 11.5 Å². The zero-order chi connectivity index (χ0) is 43.7. The summed E-state index contributed by atoms with van der Waals surface area (Å²) in [7, 11) is -2.73. The molecule has 1 saturated heterocycles. The minimum atomic E-state index is -4.22. The van der Waals surface area contributed by atoms with E-state index in [1.807, 2.05) is 18.7 Å². The first-order valence-corrected chi connectivity index (χ1v) is 20.9. The third kappa shape index (κ3) is 9.66. The number of aryl methyl sites for hydroxylation is 1. The largest absolute Gasteiger partial charge is 0.497 e. The number of nitrogens with one attached hydrogen (secondary N) is 2. The van der Waals surface area contributed by atoms with Gasteiger partial charge >= 0.3 is 6.09 Å². The smallest absolute Gasteiger partial charge is 0.405 e. The van der Waals surface area contributed by atoms with Gasteiger partial charge in [-0.1, -0.05) is 23.7 Å². The maximum atomic E-state index is 14.9. The Bertz CT molecular complexity index is 2760. The van der Waals surface area contributed by atoms with Crippen LogP contribution < -0.4 is 25.2 Å². The Morgan fingerprint density at radius 3 is 2.33 bits per heavy atom. The number of anilines is 2. The molecule has 0 unspecified atom stereocenters. The number of amides is 1. The Balaban J connectivity index is 1.43. The first-order chi connectivity index (χ1) is 29.0. The van der Waals surface area contributed by atoms with Gasteiger partial charge in [-0.15, -0.1) is 0 Å². The number of halogens is 5. The van der Waals surface area contributed by atoms with E-state index in [-0.39, 0.29) is 62.7 Å². The lowest BCUT2D eigenvalue weighted by molar-refractivity contribution is -0.00545. The van der Waals surface area contributed by atoms with Crippen molar-refractivity contribution in [2.24, 2.45) is 0 Å². The van der Waals surface area contributed by atoms with Gasteiger partial charge in [0.25, 0.3) is 12.0 Å². The van der Waals surface area contributed by atoms with Gasteiger partial charge < -0.3 is 24.8 Å². The number of carbonyl (C=O) groups is 1. The second-order valence-corrected chi connectivity index (χ2v) is 16.8. The van der Waals surface area contributed by atoms with Gasteiger partial charge in [-0.25, -0.2) is 40.7 Å². The van der Waals surface area contributed by atoms with Crippen molar-refractivity contribution in [2.45, 2.75) is 57.9 Å². The topological polar surface area (TPSA) is 183 Å². The highest BCUT2D eigenvalue weighted by atomic mass is 35.5. The summed E-state index contributed by atoms with van der Waals surface area (Å²) in [5.74, 6) is -2.14. The number of nitrogens with zero attached hydrogens (tertiary/aromatic N) is 6. The van der Waals surface area contributed by atoms with Crippen molar-refractivity contribution in [1.29, 1.82) is 0 Å². The standard InChI is InChI=1S/C40H39ClF4N8O7S/c1-21-18-51(19-22(2)60-21)33-11-8-28-36(47-33)48-38(30(46-40(55)56)16-24-14-25(42)17-26(43)15-24)53(39(28)54)31-10-9-29(41)34-35(31)52(20-32(44)45)49-37(34)50-61(57,58)13-12-23-4-6-27(59-3)7-5-23/h4-11,14-15,17,21-22,30,32,46H,12-13,16,18-20H2,1-3H3,(H,49,50)(H,55,56)/t21-,22+,30-/m0/s1. The summed E-state index contributed by atoms with van der Waals surface area (Å²) >= 11 is 6.68. The molecule has 3 atom stereocenters. The first-order valence-electron chi connectivity index (χ1n) is 18.9. The average molecular weight is 887 g/mol. The molecule has 1 amide bonds. The number of ether oxygens (including phenoxy) is 2. The molecule has 0 spiro atoms. The number of pyridine rings is 1. The summed E-state index contributed by atoms with van der Waals surface area (Å²) in [6.45, 7) is 3.58. The van der Waals surface area contributed by atoms with Crippen molar-refractivity contribution in [3.63, 3.8) is 0 Å². The quantitative estimate of drug-likeness (QED) is 0.102. The first kappa shape index (κ1) is 43.1. The van der Waals surface area contributed by atoms with Gasteiger partial charge in [0, 0.05) is 25.6 Å². The van der Waals surface area contributed by atoms with Crippen molar-refractivity contribution in [1.82, 2.24) is 29.6 Å². The lowest BCUT2D eigenvalue weighted by Crippen LogP contribution is -2.45. The highest BCUT2D eigenvalue weighted by Crippen LogP contribution is 2.37. The van der Waals surface area contributed by atoms with Crippen molar-refractivity contribution < 1.29 is 45.4 Å². The molecule has 322 valence electrons. The minimum Gasteiger partial charge on any atom is -0.497 e. The predicted octanol–water partition coefficient (Wildman–Crippen LogP) is 6.49. The molecule has 0 bridgehead atoms. The van der Waals surface area contributed by atoms with E-state index in [4.69, 9.17) is 26.1 Å². The van der Waals surface area contributed by atoms with Crippen molar-refractivity contribution in [3.05, 3.63) is 111 Å². The number of morpholine rings is 1. The molecule has 6 aromatic rings. The van der Waals surface area contributed by atoms with Crippen LogP contribution in [0.2, 0.25) is 5.02 Å². The molecule has 3 aromatic carbocycles. The molecule has 0 saturated carbocycles. The van der Waals surface area contributed by atoms with Crippen LogP contribution in [0.5, 0.6) is 5.75 Å². The van der Waals surface area contributed by atoms with E-state index in [0.29, 0.717) is 36.3 Å². The number of sulfonamides is 1. The lowest BCUT2D eigenvalue weighted by Gasteiger charge is -2.36. The zero-order valence-corrected chi connectivity index (χ0v) is 34.4. The number of benzene rings is 3. The van der Waals surface area contributed by atoms with Gasteiger partial charge in [0.1, 0.15) is 35.6 Å². The molecule has 4 heterocycles. The third-order valence-electron chi connectivity index (χ3n) is 9.90. The minimum absolute atomic E-state index is 0.0227. The maximum Gasteiger partial charge on any atom is 0.405 e. The summed E-state index contributed by atoms with van der Waals surface area (Å²) in [4.78, 5) is 38.6. The molecule has 1 aliphatic rings. The molecule has 1 fully saturated rings. The maximum absolute atomic E-state index is 14.9. The summed E-state index contributed by atoms with van der Waals surface area (Å²) in [6.07, 6.45) is -5.37. The van der Waals surface area contributed by atoms with Gasteiger partial charge in [0.2, 0.25) is 10.0 Å². The Kier molecular flexibility index (Phi) is 12.4. The highest BCUT2D eigenvalue weighted by molar-refractivity contribution is 7.92. The van der Waals surface area contributed by atoms with Crippen molar-refractivity contribution in [2.75, 3.05) is 35.6 Å². The fraction of sp³-hybridized carbons (Fsp3) is 0.325. The number of aromatic nitrogens is 5.